The van der Waals surface area contributed by atoms with E-state index in [0.29, 0.717) is 11.4 Å². The highest BCUT2D eigenvalue weighted by molar-refractivity contribution is 9.10. The molecule has 0 bridgehead atoms. The van der Waals surface area contributed by atoms with E-state index in [4.69, 9.17) is 17.2 Å². The molecule has 0 aliphatic carbocycles. The van der Waals surface area contributed by atoms with Gasteiger partial charge in [-0.1, -0.05) is 46.3 Å². The Morgan fingerprint density at radius 3 is 2.30 bits per heavy atom. The van der Waals surface area contributed by atoms with Crippen LogP contribution in [0.25, 0.3) is 0 Å². The predicted molar refractivity (Wildman–Crippen MR) is 86.4 cm³/mol. The summed E-state index contributed by atoms with van der Waals surface area (Å²) in [7, 11) is 0. The Labute approximate surface area is 125 Å². The van der Waals surface area contributed by atoms with Crippen molar-refractivity contribution in [2.45, 2.75) is 0 Å². The van der Waals surface area contributed by atoms with E-state index >= 15 is 0 Å². The van der Waals surface area contributed by atoms with Crippen molar-refractivity contribution in [2.75, 3.05) is 5.73 Å². The lowest BCUT2D eigenvalue weighted by molar-refractivity contribution is 1.20. The normalized spacial score (nSPS) is 11.2. The third kappa shape index (κ3) is 3.36. The number of hydrogen-bond acceptors (Lipinski definition) is 3. The molecule has 0 aromatic heterocycles. The van der Waals surface area contributed by atoms with Gasteiger partial charge in [0.15, 0.2) is 0 Å². The van der Waals surface area contributed by atoms with Crippen molar-refractivity contribution in [2.24, 2.45) is 21.7 Å². The first-order valence-electron chi connectivity index (χ1n) is 5.85. The number of rotatable bonds is 3. The number of halogens is 1. The fraction of sp³-hybridized carbons (Fsp3) is 0. The van der Waals surface area contributed by atoms with Crippen molar-refractivity contribution in [3.05, 3.63) is 64.1 Å². The standard InChI is InChI=1S/C14H14BrN5/c15-10-6-7-12(16)11(8-10)13(19-20-14(17)18)9-4-2-1-3-5-9/h1-8H,16H2,(H4,17,18,20)/b19-13+. The first kappa shape index (κ1) is 14.1. The maximum atomic E-state index is 6.02. The summed E-state index contributed by atoms with van der Waals surface area (Å²) in [6.07, 6.45) is 0. The van der Waals surface area contributed by atoms with Gasteiger partial charge in [-0.05, 0) is 18.2 Å². The van der Waals surface area contributed by atoms with Gasteiger partial charge in [-0.2, -0.15) is 0 Å². The van der Waals surface area contributed by atoms with Gasteiger partial charge in [-0.25, -0.2) is 0 Å². The molecular weight excluding hydrogens is 318 g/mol. The second-order valence-electron chi connectivity index (χ2n) is 4.07. The summed E-state index contributed by atoms with van der Waals surface area (Å²) in [5.41, 5.74) is 19.6. The molecule has 0 unspecified atom stereocenters. The lowest BCUT2D eigenvalue weighted by Gasteiger charge is -2.09. The van der Waals surface area contributed by atoms with E-state index in [-0.39, 0.29) is 5.96 Å². The Balaban J connectivity index is 2.61. The van der Waals surface area contributed by atoms with Crippen LogP contribution in [0.4, 0.5) is 5.69 Å². The molecule has 2 aromatic carbocycles. The van der Waals surface area contributed by atoms with E-state index in [1.807, 2.05) is 42.5 Å². The Kier molecular flexibility index (Phi) is 4.37. The second-order valence-corrected chi connectivity index (χ2v) is 4.99. The summed E-state index contributed by atoms with van der Waals surface area (Å²) in [6.45, 7) is 0. The number of guanidine groups is 1. The number of nitrogens with zero attached hydrogens (tertiary/aromatic N) is 2. The lowest BCUT2D eigenvalue weighted by atomic mass is 10.0. The lowest BCUT2D eigenvalue weighted by Crippen LogP contribution is -2.22. The van der Waals surface area contributed by atoms with Gasteiger partial charge >= 0.3 is 0 Å². The van der Waals surface area contributed by atoms with E-state index in [1.165, 1.54) is 0 Å². The van der Waals surface area contributed by atoms with Crippen LogP contribution in [0.2, 0.25) is 0 Å². The molecule has 0 saturated heterocycles. The Hall–Kier alpha value is -2.34. The highest BCUT2D eigenvalue weighted by atomic mass is 79.9. The molecule has 6 heteroatoms. The molecule has 5 nitrogen and oxygen atoms in total. The van der Waals surface area contributed by atoms with Crippen LogP contribution in [0, 0.1) is 0 Å². The van der Waals surface area contributed by atoms with Crippen LogP contribution in [-0.4, -0.2) is 11.7 Å². The van der Waals surface area contributed by atoms with Gasteiger partial charge in [-0.3, -0.25) is 0 Å². The minimum Gasteiger partial charge on any atom is -0.398 e. The Morgan fingerprint density at radius 2 is 1.65 bits per heavy atom. The summed E-state index contributed by atoms with van der Waals surface area (Å²) in [5, 5.41) is 7.86. The third-order valence-electron chi connectivity index (χ3n) is 2.58. The van der Waals surface area contributed by atoms with Crippen molar-refractivity contribution >= 4 is 33.3 Å². The summed E-state index contributed by atoms with van der Waals surface area (Å²) >= 11 is 3.42. The summed E-state index contributed by atoms with van der Waals surface area (Å²) in [6, 6.07) is 15.1. The zero-order valence-corrected chi connectivity index (χ0v) is 12.2. The number of nitrogen functional groups attached to an aromatic ring is 1. The Bertz CT molecular complexity index is 661. The number of anilines is 1. The molecule has 20 heavy (non-hydrogen) atoms. The predicted octanol–water partition coefficient (Wildman–Crippen LogP) is 2.06. The fourth-order valence-electron chi connectivity index (χ4n) is 1.70. The van der Waals surface area contributed by atoms with Crippen LogP contribution in [0.3, 0.4) is 0 Å². The van der Waals surface area contributed by atoms with Gasteiger partial charge < -0.3 is 17.2 Å². The molecule has 0 radical (unpaired) electrons. The SMILES string of the molecule is NC(N)=N/N=C(\c1ccccc1)c1cc(Br)ccc1N. The van der Waals surface area contributed by atoms with Gasteiger partial charge in [0.25, 0.3) is 0 Å². The smallest absolute Gasteiger partial charge is 0.211 e. The molecular formula is C14H14BrN5. The minimum atomic E-state index is -0.105. The van der Waals surface area contributed by atoms with Crippen molar-refractivity contribution in [1.82, 2.24) is 0 Å². The molecule has 0 heterocycles. The average molecular weight is 332 g/mol. The van der Waals surface area contributed by atoms with Crippen molar-refractivity contribution < 1.29 is 0 Å². The van der Waals surface area contributed by atoms with E-state index in [2.05, 4.69) is 26.1 Å². The maximum Gasteiger partial charge on any atom is 0.211 e. The van der Waals surface area contributed by atoms with Crippen LogP contribution in [0.15, 0.2) is 63.2 Å². The molecule has 0 amide bonds. The van der Waals surface area contributed by atoms with E-state index in [1.54, 1.807) is 6.07 Å². The van der Waals surface area contributed by atoms with Crippen molar-refractivity contribution in [3.63, 3.8) is 0 Å². The molecule has 2 aromatic rings. The number of hydrogen-bond donors (Lipinski definition) is 3. The van der Waals surface area contributed by atoms with E-state index in [0.717, 1.165) is 15.6 Å². The second kappa shape index (κ2) is 6.21. The molecule has 0 spiro atoms. The van der Waals surface area contributed by atoms with Gasteiger partial charge in [0.1, 0.15) is 5.71 Å². The summed E-state index contributed by atoms with van der Waals surface area (Å²) < 4.78 is 0.898. The van der Waals surface area contributed by atoms with Gasteiger partial charge in [0.05, 0.1) is 0 Å². The molecule has 0 fully saturated rings. The zero-order valence-electron chi connectivity index (χ0n) is 10.6. The Morgan fingerprint density at radius 1 is 0.950 bits per heavy atom. The van der Waals surface area contributed by atoms with Gasteiger partial charge in [-0.15, -0.1) is 10.2 Å². The van der Waals surface area contributed by atoms with Crippen molar-refractivity contribution in [3.8, 4) is 0 Å². The van der Waals surface area contributed by atoms with Crippen LogP contribution in [0.5, 0.6) is 0 Å². The van der Waals surface area contributed by atoms with Gasteiger partial charge in [0, 0.05) is 21.3 Å². The molecule has 0 atom stereocenters. The molecule has 102 valence electrons. The van der Waals surface area contributed by atoms with E-state index in [9.17, 15) is 0 Å². The van der Waals surface area contributed by atoms with Crippen LogP contribution >= 0.6 is 15.9 Å². The number of benzene rings is 2. The highest BCUT2D eigenvalue weighted by Crippen LogP contribution is 2.22. The molecule has 6 N–H and O–H groups in total. The number of nitrogens with two attached hydrogens (primary N) is 3. The molecule has 0 saturated carbocycles. The van der Waals surface area contributed by atoms with Crippen molar-refractivity contribution in [1.29, 1.82) is 0 Å². The molecule has 2 rings (SSSR count). The summed E-state index contributed by atoms with van der Waals surface area (Å²) in [4.78, 5) is 0. The minimum absolute atomic E-state index is 0.105. The molecule has 0 aliphatic rings. The topological polar surface area (TPSA) is 103 Å². The van der Waals surface area contributed by atoms with Crippen LogP contribution in [0.1, 0.15) is 11.1 Å². The first-order valence-corrected chi connectivity index (χ1v) is 6.64. The third-order valence-corrected chi connectivity index (χ3v) is 3.08. The average Bonchev–Trinajstić information content (AvgIpc) is 2.43. The monoisotopic (exact) mass is 331 g/mol. The highest BCUT2D eigenvalue weighted by Gasteiger charge is 2.11. The summed E-state index contributed by atoms with van der Waals surface area (Å²) in [5.74, 6) is -0.105. The van der Waals surface area contributed by atoms with Crippen LogP contribution < -0.4 is 17.2 Å². The first-order chi connectivity index (χ1) is 9.58. The quantitative estimate of drug-likeness (QED) is 0.347. The molecule has 0 aliphatic heterocycles. The van der Waals surface area contributed by atoms with Crippen LogP contribution in [-0.2, 0) is 0 Å². The largest absolute Gasteiger partial charge is 0.398 e. The van der Waals surface area contributed by atoms with E-state index < -0.39 is 0 Å². The zero-order chi connectivity index (χ0) is 14.5. The fourth-order valence-corrected chi connectivity index (χ4v) is 2.07. The van der Waals surface area contributed by atoms with Gasteiger partial charge in [0.2, 0.25) is 5.96 Å². The maximum absolute atomic E-state index is 6.02.